The zero-order chi connectivity index (χ0) is 29.0. The van der Waals surface area contributed by atoms with Crippen LogP contribution < -0.4 is 0 Å². The maximum Gasteiger partial charge on any atom is 0.160 e. The van der Waals surface area contributed by atoms with Crippen LogP contribution in [0.5, 0.6) is 0 Å². The number of hydrogen-bond acceptors (Lipinski definition) is 3. The molecule has 0 amide bonds. The molecule has 206 valence electrons. The molecule has 9 rings (SSSR count). The molecule has 0 bridgehead atoms. The maximum absolute atomic E-state index is 5.21. The van der Waals surface area contributed by atoms with Crippen LogP contribution >= 0.6 is 11.3 Å². The van der Waals surface area contributed by atoms with Gasteiger partial charge in [0.25, 0.3) is 0 Å². The van der Waals surface area contributed by atoms with Gasteiger partial charge in [-0.15, -0.1) is 11.3 Å². The standard InChI is InChI=1S/C40H25N3S/c1-3-11-26(12-4-1)29-21-24-33-36(25-29)44-39-37(27-13-5-2-6-14-27)41-40(42-38(33)39)28-19-22-30(23-20-28)43-34-17-9-7-15-31(34)32-16-8-10-18-35(32)43/h1-25H. The zero-order valence-electron chi connectivity index (χ0n) is 23.7. The summed E-state index contributed by atoms with van der Waals surface area (Å²) in [6.45, 7) is 0. The summed E-state index contributed by atoms with van der Waals surface area (Å²) in [7, 11) is 0. The second-order valence-corrected chi connectivity index (χ2v) is 12.1. The molecule has 0 aliphatic rings. The Hall–Kier alpha value is -5.58. The van der Waals surface area contributed by atoms with Gasteiger partial charge in [0.05, 0.1) is 26.9 Å². The van der Waals surface area contributed by atoms with Gasteiger partial charge in [0.2, 0.25) is 0 Å². The number of thiophene rings is 1. The van der Waals surface area contributed by atoms with Crippen LogP contribution in [0.25, 0.3) is 81.6 Å². The normalized spacial score (nSPS) is 11.6. The van der Waals surface area contributed by atoms with E-state index in [1.54, 1.807) is 11.3 Å². The molecule has 0 fully saturated rings. The summed E-state index contributed by atoms with van der Waals surface area (Å²) in [5.41, 5.74) is 10.00. The largest absolute Gasteiger partial charge is 0.309 e. The van der Waals surface area contributed by atoms with E-state index >= 15 is 0 Å². The van der Waals surface area contributed by atoms with Gasteiger partial charge in [-0.1, -0.05) is 109 Å². The van der Waals surface area contributed by atoms with Gasteiger partial charge < -0.3 is 4.57 Å². The molecule has 3 heterocycles. The lowest BCUT2D eigenvalue weighted by atomic mass is 10.0. The van der Waals surface area contributed by atoms with Gasteiger partial charge in [-0.2, -0.15) is 0 Å². The van der Waals surface area contributed by atoms with Crippen molar-refractivity contribution in [1.29, 1.82) is 0 Å². The third-order valence-electron chi connectivity index (χ3n) is 8.43. The summed E-state index contributed by atoms with van der Waals surface area (Å²) in [5.74, 6) is 0.733. The minimum absolute atomic E-state index is 0.733. The average molecular weight is 580 g/mol. The lowest BCUT2D eigenvalue weighted by Crippen LogP contribution is -1.96. The van der Waals surface area contributed by atoms with E-state index in [0.717, 1.165) is 43.9 Å². The van der Waals surface area contributed by atoms with E-state index in [0.29, 0.717) is 0 Å². The van der Waals surface area contributed by atoms with Crippen LogP contribution in [0.15, 0.2) is 152 Å². The molecule has 0 atom stereocenters. The summed E-state index contributed by atoms with van der Waals surface area (Å²) in [6.07, 6.45) is 0. The molecule has 0 N–H and O–H groups in total. The second-order valence-electron chi connectivity index (χ2n) is 11.0. The Morgan fingerprint density at radius 2 is 1.05 bits per heavy atom. The minimum atomic E-state index is 0.733. The van der Waals surface area contributed by atoms with E-state index in [1.165, 1.54) is 37.6 Å². The smallest absolute Gasteiger partial charge is 0.160 e. The topological polar surface area (TPSA) is 30.7 Å². The quantitative estimate of drug-likeness (QED) is 0.208. The third-order valence-corrected chi connectivity index (χ3v) is 9.58. The highest BCUT2D eigenvalue weighted by Crippen LogP contribution is 2.41. The molecule has 44 heavy (non-hydrogen) atoms. The summed E-state index contributed by atoms with van der Waals surface area (Å²) < 4.78 is 4.67. The molecule has 0 spiro atoms. The lowest BCUT2D eigenvalue weighted by molar-refractivity contribution is 1.17. The zero-order valence-corrected chi connectivity index (χ0v) is 24.5. The molecule has 0 unspecified atom stereocenters. The third kappa shape index (κ3) is 3.96. The minimum Gasteiger partial charge on any atom is -0.309 e. The first kappa shape index (κ1) is 25.0. The summed E-state index contributed by atoms with van der Waals surface area (Å²) in [4.78, 5) is 10.4. The van der Waals surface area contributed by atoms with Crippen molar-refractivity contribution in [3.63, 3.8) is 0 Å². The molecule has 0 aliphatic carbocycles. The monoisotopic (exact) mass is 579 g/mol. The SMILES string of the molecule is c1ccc(-c2ccc3c(c2)sc2c(-c4ccccc4)nc(-c4ccc(-n5c6ccccc6c6ccccc65)cc4)nc23)cc1. The van der Waals surface area contributed by atoms with Gasteiger partial charge in [-0.05, 0) is 53.6 Å². The molecule has 0 radical (unpaired) electrons. The summed E-state index contributed by atoms with van der Waals surface area (Å²) in [6, 6.07) is 53.6. The van der Waals surface area contributed by atoms with E-state index in [4.69, 9.17) is 9.97 Å². The Labute approximate surface area is 258 Å². The number of para-hydroxylation sites is 2. The van der Waals surface area contributed by atoms with Crippen molar-refractivity contribution in [3.05, 3.63) is 152 Å². The average Bonchev–Trinajstić information content (AvgIpc) is 3.64. The fourth-order valence-corrected chi connectivity index (χ4v) is 7.53. The van der Waals surface area contributed by atoms with E-state index in [9.17, 15) is 0 Å². The van der Waals surface area contributed by atoms with Crippen molar-refractivity contribution in [2.24, 2.45) is 0 Å². The molecule has 9 aromatic rings. The Morgan fingerprint density at radius 1 is 0.455 bits per heavy atom. The summed E-state index contributed by atoms with van der Waals surface area (Å²) in [5, 5.41) is 3.67. The lowest BCUT2D eigenvalue weighted by Gasteiger charge is -2.10. The highest BCUT2D eigenvalue weighted by Gasteiger charge is 2.18. The molecule has 6 aromatic carbocycles. The van der Waals surface area contributed by atoms with Crippen LogP contribution in [0.2, 0.25) is 0 Å². The van der Waals surface area contributed by atoms with Crippen LogP contribution in [0.3, 0.4) is 0 Å². The molecule has 0 aliphatic heterocycles. The van der Waals surface area contributed by atoms with Crippen LogP contribution in [0, 0.1) is 0 Å². The molecular weight excluding hydrogens is 555 g/mol. The van der Waals surface area contributed by atoms with E-state index in [2.05, 4.69) is 150 Å². The van der Waals surface area contributed by atoms with Crippen molar-refractivity contribution in [2.75, 3.05) is 0 Å². The highest BCUT2D eigenvalue weighted by atomic mass is 32.1. The number of rotatable bonds is 4. The highest BCUT2D eigenvalue weighted by molar-refractivity contribution is 7.26. The first-order chi connectivity index (χ1) is 21.8. The Balaban J connectivity index is 1.21. The molecule has 0 saturated heterocycles. The predicted molar refractivity (Wildman–Crippen MR) is 186 cm³/mol. The van der Waals surface area contributed by atoms with Gasteiger partial charge in [-0.25, -0.2) is 9.97 Å². The van der Waals surface area contributed by atoms with Gasteiger partial charge in [0.1, 0.15) is 0 Å². The van der Waals surface area contributed by atoms with Gasteiger partial charge >= 0.3 is 0 Å². The molecular formula is C40H25N3S. The van der Waals surface area contributed by atoms with Gasteiger partial charge in [-0.3, -0.25) is 0 Å². The number of nitrogens with zero attached hydrogens (tertiary/aromatic N) is 3. The molecule has 3 aromatic heterocycles. The Morgan fingerprint density at radius 3 is 1.73 bits per heavy atom. The predicted octanol–water partition coefficient (Wildman–Crippen LogP) is 10.9. The Kier molecular flexibility index (Phi) is 5.68. The number of aromatic nitrogens is 3. The number of benzene rings is 6. The fraction of sp³-hybridized carbons (Fsp3) is 0. The second kappa shape index (κ2) is 10.0. The van der Waals surface area contributed by atoms with Crippen LogP contribution in [0.1, 0.15) is 0 Å². The molecule has 3 nitrogen and oxygen atoms in total. The van der Waals surface area contributed by atoms with Crippen molar-refractivity contribution >= 4 is 53.4 Å². The van der Waals surface area contributed by atoms with Crippen LogP contribution in [-0.4, -0.2) is 14.5 Å². The fourth-order valence-electron chi connectivity index (χ4n) is 6.33. The molecule has 4 heteroatoms. The van der Waals surface area contributed by atoms with Gasteiger partial charge in [0.15, 0.2) is 5.82 Å². The first-order valence-electron chi connectivity index (χ1n) is 14.8. The van der Waals surface area contributed by atoms with Gasteiger partial charge in [0, 0.05) is 37.7 Å². The maximum atomic E-state index is 5.21. The van der Waals surface area contributed by atoms with E-state index < -0.39 is 0 Å². The Bertz CT molecular complexity index is 2420. The van der Waals surface area contributed by atoms with Crippen molar-refractivity contribution in [2.45, 2.75) is 0 Å². The van der Waals surface area contributed by atoms with E-state index in [1.807, 2.05) is 6.07 Å². The molecule has 0 saturated carbocycles. The van der Waals surface area contributed by atoms with Crippen LogP contribution in [0.4, 0.5) is 0 Å². The van der Waals surface area contributed by atoms with Crippen LogP contribution in [-0.2, 0) is 0 Å². The van der Waals surface area contributed by atoms with E-state index in [-0.39, 0.29) is 0 Å². The number of hydrogen-bond donors (Lipinski definition) is 0. The number of fused-ring (bicyclic) bond motifs is 6. The van der Waals surface area contributed by atoms with Crippen molar-refractivity contribution in [3.8, 4) is 39.5 Å². The van der Waals surface area contributed by atoms with Crippen molar-refractivity contribution < 1.29 is 0 Å². The van der Waals surface area contributed by atoms with Crippen molar-refractivity contribution in [1.82, 2.24) is 14.5 Å². The summed E-state index contributed by atoms with van der Waals surface area (Å²) >= 11 is 1.77. The first-order valence-corrected chi connectivity index (χ1v) is 15.6.